The van der Waals surface area contributed by atoms with Gasteiger partial charge in [-0.1, -0.05) is 49.4 Å². The number of nitrogens with zero attached hydrogens (tertiary/aromatic N) is 3. The first-order valence-corrected chi connectivity index (χ1v) is 12.6. The van der Waals surface area contributed by atoms with E-state index in [1.54, 1.807) is 0 Å². The highest BCUT2D eigenvalue weighted by atomic mass is 16.5. The maximum absolute atomic E-state index is 13.4. The van der Waals surface area contributed by atoms with Gasteiger partial charge in [0.25, 0.3) is 0 Å². The third kappa shape index (κ3) is 5.68. The number of benzene rings is 2. The Kier molecular flexibility index (Phi) is 7.33. The van der Waals surface area contributed by atoms with Crippen LogP contribution in [0.4, 0.5) is 4.79 Å². The van der Waals surface area contributed by atoms with E-state index in [-0.39, 0.29) is 17.9 Å². The summed E-state index contributed by atoms with van der Waals surface area (Å²) in [7, 11) is 0. The number of likely N-dealkylation sites (tertiary alicyclic amines) is 1. The molecule has 2 aliphatic heterocycles. The minimum absolute atomic E-state index is 0.108. The Morgan fingerprint density at radius 2 is 1.77 bits per heavy atom. The normalized spacial score (nSPS) is 20.6. The van der Waals surface area contributed by atoms with Gasteiger partial charge in [-0.25, -0.2) is 4.79 Å². The third-order valence-electron chi connectivity index (χ3n) is 7.07. The number of nitrogens with one attached hydrogen (secondary N) is 1. The van der Waals surface area contributed by atoms with E-state index in [4.69, 9.17) is 9.47 Å². The number of aromatic nitrogens is 2. The average Bonchev–Trinajstić information content (AvgIpc) is 3.42. The van der Waals surface area contributed by atoms with Crippen molar-refractivity contribution in [2.75, 3.05) is 39.4 Å². The Morgan fingerprint density at radius 1 is 1.03 bits per heavy atom. The van der Waals surface area contributed by atoms with Gasteiger partial charge in [-0.2, -0.15) is 5.10 Å². The van der Waals surface area contributed by atoms with Crippen LogP contribution in [0.1, 0.15) is 47.7 Å². The maximum atomic E-state index is 13.4. The smallest absolute Gasteiger partial charge is 0.320 e. The minimum atomic E-state index is 0.108. The highest BCUT2D eigenvalue weighted by molar-refractivity contribution is 5.75. The fourth-order valence-corrected chi connectivity index (χ4v) is 5.03. The first-order valence-electron chi connectivity index (χ1n) is 12.6. The zero-order valence-corrected chi connectivity index (χ0v) is 20.4. The molecule has 5 rings (SSSR count). The Morgan fingerprint density at radius 3 is 2.51 bits per heavy atom. The van der Waals surface area contributed by atoms with E-state index < -0.39 is 0 Å². The number of carbonyl (C=O) groups is 1. The Labute approximate surface area is 207 Å². The largest absolute Gasteiger partial charge is 0.487 e. The van der Waals surface area contributed by atoms with Gasteiger partial charge >= 0.3 is 6.03 Å². The van der Waals surface area contributed by atoms with E-state index in [0.29, 0.717) is 39.5 Å². The molecule has 2 atom stereocenters. The number of aromatic amines is 1. The van der Waals surface area contributed by atoms with Crippen molar-refractivity contribution in [2.45, 2.75) is 38.2 Å². The molecule has 3 heterocycles. The summed E-state index contributed by atoms with van der Waals surface area (Å²) in [5, 5.41) is 7.78. The van der Waals surface area contributed by atoms with E-state index in [9.17, 15) is 4.79 Å². The van der Waals surface area contributed by atoms with Gasteiger partial charge in [0.05, 0.1) is 24.6 Å². The van der Waals surface area contributed by atoms with E-state index in [1.807, 2.05) is 40.1 Å². The Bertz CT molecular complexity index is 1090. The molecular formula is C28H34N4O3. The van der Waals surface area contributed by atoms with Gasteiger partial charge in [0.2, 0.25) is 0 Å². The molecule has 0 spiro atoms. The van der Waals surface area contributed by atoms with Crippen LogP contribution in [0.3, 0.4) is 0 Å². The second-order valence-corrected chi connectivity index (χ2v) is 9.43. The fraction of sp³-hybridized carbons (Fsp3) is 0.429. The first kappa shape index (κ1) is 23.4. The third-order valence-corrected chi connectivity index (χ3v) is 7.07. The van der Waals surface area contributed by atoms with Crippen LogP contribution in [0.25, 0.3) is 0 Å². The summed E-state index contributed by atoms with van der Waals surface area (Å²) in [6.07, 6.45) is 1.98. The molecule has 35 heavy (non-hydrogen) atoms. The van der Waals surface area contributed by atoms with E-state index in [0.717, 1.165) is 36.5 Å². The highest BCUT2D eigenvalue weighted by Crippen LogP contribution is 2.36. The van der Waals surface area contributed by atoms with Crippen LogP contribution in [0.2, 0.25) is 0 Å². The van der Waals surface area contributed by atoms with Crippen LogP contribution in [0.15, 0.2) is 60.7 Å². The number of H-pyrrole nitrogens is 1. The van der Waals surface area contributed by atoms with Crippen molar-refractivity contribution in [1.82, 2.24) is 20.0 Å². The van der Waals surface area contributed by atoms with Gasteiger partial charge in [-0.05, 0) is 42.2 Å². The molecule has 1 aromatic heterocycles. The molecule has 0 aliphatic carbocycles. The lowest BCUT2D eigenvalue weighted by molar-refractivity contribution is 0.0398. The van der Waals surface area contributed by atoms with Gasteiger partial charge in [-0.15, -0.1) is 0 Å². The Balaban J connectivity index is 1.33. The van der Waals surface area contributed by atoms with E-state index in [1.165, 1.54) is 11.1 Å². The second-order valence-electron chi connectivity index (χ2n) is 9.43. The lowest BCUT2D eigenvalue weighted by Gasteiger charge is -2.40. The number of piperidine rings is 1. The van der Waals surface area contributed by atoms with Crippen LogP contribution in [0, 0.1) is 0 Å². The summed E-state index contributed by atoms with van der Waals surface area (Å²) in [4.78, 5) is 17.4. The molecule has 0 radical (unpaired) electrons. The summed E-state index contributed by atoms with van der Waals surface area (Å²) in [5.41, 5.74) is 4.54. The molecule has 0 bridgehead atoms. The molecule has 1 N–H and O–H groups in total. The molecule has 2 fully saturated rings. The van der Waals surface area contributed by atoms with E-state index in [2.05, 4.69) is 47.5 Å². The summed E-state index contributed by atoms with van der Waals surface area (Å²) >= 11 is 0. The monoisotopic (exact) mass is 474 g/mol. The molecular weight excluding hydrogens is 440 g/mol. The first-order chi connectivity index (χ1) is 17.2. The van der Waals surface area contributed by atoms with Gasteiger partial charge < -0.3 is 19.3 Å². The van der Waals surface area contributed by atoms with Gasteiger partial charge in [-0.3, -0.25) is 5.10 Å². The number of hydrogen-bond donors (Lipinski definition) is 1. The van der Waals surface area contributed by atoms with Crippen molar-refractivity contribution in [3.05, 3.63) is 83.2 Å². The molecule has 2 aliphatic rings. The SMILES string of the molecule is CCc1ccc(C2CC(c3cc(COc4ccccc4)[nH]n3)CN(C(=O)N3CCOCC3)C2)cc1. The van der Waals surface area contributed by atoms with E-state index >= 15 is 0 Å². The van der Waals surface area contributed by atoms with Gasteiger partial charge in [0.15, 0.2) is 0 Å². The molecule has 2 amide bonds. The zero-order valence-electron chi connectivity index (χ0n) is 20.4. The number of hydrogen-bond acceptors (Lipinski definition) is 4. The van der Waals surface area contributed by atoms with Gasteiger partial charge in [0, 0.05) is 38.0 Å². The number of urea groups is 1. The number of ether oxygens (including phenoxy) is 2. The lowest BCUT2D eigenvalue weighted by atomic mass is 9.82. The summed E-state index contributed by atoms with van der Waals surface area (Å²) in [5.74, 6) is 1.26. The van der Waals surface area contributed by atoms with Crippen molar-refractivity contribution in [2.24, 2.45) is 0 Å². The van der Waals surface area contributed by atoms with Gasteiger partial charge in [0.1, 0.15) is 12.4 Å². The number of carbonyl (C=O) groups excluding carboxylic acids is 1. The number of morpholine rings is 1. The van der Waals surface area contributed by atoms with Crippen molar-refractivity contribution < 1.29 is 14.3 Å². The highest BCUT2D eigenvalue weighted by Gasteiger charge is 2.35. The minimum Gasteiger partial charge on any atom is -0.487 e. The summed E-state index contributed by atoms with van der Waals surface area (Å²) in [6.45, 7) is 6.52. The predicted octanol–water partition coefficient (Wildman–Crippen LogP) is 4.58. The molecule has 7 heteroatoms. The van der Waals surface area contributed by atoms with Crippen molar-refractivity contribution in [3.8, 4) is 5.75 Å². The predicted molar refractivity (Wildman–Crippen MR) is 135 cm³/mol. The zero-order chi connectivity index (χ0) is 24.0. The lowest BCUT2D eigenvalue weighted by Crippen LogP contribution is -2.52. The molecule has 2 saturated heterocycles. The van der Waals surface area contributed by atoms with Crippen molar-refractivity contribution in [1.29, 1.82) is 0 Å². The number of amides is 2. The van der Waals surface area contributed by atoms with Crippen LogP contribution >= 0.6 is 0 Å². The van der Waals surface area contributed by atoms with Crippen LogP contribution in [-0.2, 0) is 17.8 Å². The summed E-state index contributed by atoms with van der Waals surface area (Å²) in [6, 6.07) is 20.9. The quantitative estimate of drug-likeness (QED) is 0.568. The number of para-hydroxylation sites is 1. The molecule has 7 nitrogen and oxygen atoms in total. The molecule has 2 unspecified atom stereocenters. The standard InChI is InChI=1S/C28H34N4O3/c1-2-21-8-10-22(11-9-21)23-16-24(19-32(18-23)28(33)31-12-14-34-15-13-31)27-17-25(29-30-27)20-35-26-6-4-3-5-7-26/h3-11,17,23-24H,2,12-16,18-20H2,1H3,(H,29,30). The number of rotatable bonds is 6. The Hall–Kier alpha value is -3.32. The van der Waals surface area contributed by atoms with Crippen LogP contribution in [0.5, 0.6) is 5.75 Å². The summed E-state index contributed by atoms with van der Waals surface area (Å²) < 4.78 is 11.3. The fourth-order valence-electron chi connectivity index (χ4n) is 5.03. The molecule has 0 saturated carbocycles. The number of aryl methyl sites for hydroxylation is 1. The average molecular weight is 475 g/mol. The molecule has 184 valence electrons. The second kappa shape index (κ2) is 11.0. The van der Waals surface area contributed by atoms with Crippen LogP contribution < -0.4 is 4.74 Å². The van der Waals surface area contributed by atoms with Crippen molar-refractivity contribution >= 4 is 6.03 Å². The molecule has 3 aromatic rings. The maximum Gasteiger partial charge on any atom is 0.320 e. The van der Waals surface area contributed by atoms with Crippen molar-refractivity contribution in [3.63, 3.8) is 0 Å². The molecule has 2 aromatic carbocycles. The topological polar surface area (TPSA) is 70.7 Å². The van der Waals surface area contributed by atoms with Crippen LogP contribution in [-0.4, -0.2) is 65.4 Å².